The minimum Gasteiger partial charge on any atom is 0 e. The topological polar surface area (TPSA) is 119 Å². The van der Waals surface area contributed by atoms with Gasteiger partial charge in [-0.1, -0.05) is 0 Å². The van der Waals surface area contributed by atoms with Crippen LogP contribution < -0.4 is 0 Å². The van der Waals surface area contributed by atoms with E-state index in [1.807, 2.05) is 0 Å². The number of hydrogen-bond donors (Lipinski definition) is 0. The van der Waals surface area contributed by atoms with Gasteiger partial charge in [-0.25, -0.2) is 0 Å². The Morgan fingerprint density at radius 1 is 0.312 bits per heavy atom. The number of rotatable bonds is 0. The van der Waals surface area contributed by atoms with E-state index in [-0.39, 0.29) is 68.3 Å². The van der Waals surface area contributed by atoms with Crippen molar-refractivity contribution in [3.63, 3.8) is 0 Å². The standard InChI is InChI=1S/6CO.2Fe.2Se/c6*1-2;;;;. The molecule has 4 radical (unpaired) electrons. The van der Waals surface area contributed by atoms with Crippen molar-refractivity contribution in [1.82, 2.24) is 0 Å². The van der Waals surface area contributed by atoms with Gasteiger partial charge in [0.2, 0.25) is 0 Å². The van der Waals surface area contributed by atoms with Gasteiger partial charge in [-0.2, -0.15) is 0 Å². The average Bonchev–Trinajstić information content (AvgIpc) is 2.33. The second-order valence-corrected chi connectivity index (χ2v) is 0. The summed E-state index contributed by atoms with van der Waals surface area (Å²) in [5.74, 6) is 0. The normalized spacial score (nSPS) is 0.750. The van der Waals surface area contributed by atoms with Crippen molar-refractivity contribution in [1.29, 1.82) is 0 Å². The predicted molar refractivity (Wildman–Crippen MR) is 35.1 cm³/mol. The summed E-state index contributed by atoms with van der Waals surface area (Å²) in [7, 11) is 0. The van der Waals surface area contributed by atoms with E-state index in [2.05, 4.69) is 39.9 Å². The Bertz CT molecular complexity index is 104. The van der Waals surface area contributed by atoms with Gasteiger partial charge in [0.25, 0.3) is 0 Å². The molecule has 10 heteroatoms. The SMILES string of the molecule is [C-]#[O+].[C-]#[O+].[C-]#[O+].[C-]#[O+].[C-]#[O+].[C-]#[O+].[Fe].[Fe].[Se].[Se]. The Morgan fingerprint density at radius 3 is 0.312 bits per heavy atom. The fraction of sp³-hybridized carbons (Fsp3) is 0. The molecule has 0 unspecified atom stereocenters. The first-order chi connectivity index (χ1) is 6.00. The Labute approximate surface area is 135 Å². The molecule has 88 valence electrons. The molecule has 0 saturated carbocycles. The van der Waals surface area contributed by atoms with Crippen LogP contribution in [0.15, 0.2) is 0 Å². The third-order valence-corrected chi connectivity index (χ3v) is 0. The molecule has 0 rings (SSSR count). The van der Waals surface area contributed by atoms with Crippen molar-refractivity contribution in [2.75, 3.05) is 0 Å². The zero-order valence-corrected chi connectivity index (χ0v) is 12.6. The van der Waals surface area contributed by atoms with E-state index in [0.29, 0.717) is 0 Å². The predicted octanol–water partition coefficient (Wildman–Crippen LogP) is -0.992. The molecule has 0 amide bonds. The Hall–Kier alpha value is 0.518. The van der Waals surface area contributed by atoms with Gasteiger partial charge in [-0.3, -0.25) is 0 Å². The molecule has 0 N–H and O–H groups in total. The smallest absolute Gasteiger partial charge is 0 e. The Kier molecular flexibility index (Phi) is 71400. The molecule has 0 saturated heterocycles. The third kappa shape index (κ3) is 9890. The van der Waals surface area contributed by atoms with Crippen LogP contribution in [0.2, 0.25) is 0 Å². The van der Waals surface area contributed by atoms with Crippen LogP contribution in [0, 0.1) is 39.9 Å². The molecule has 0 atom stereocenters. The molecule has 6 nitrogen and oxygen atoms in total. The third-order valence-electron chi connectivity index (χ3n) is 0. The van der Waals surface area contributed by atoms with Crippen LogP contribution in [-0.2, 0) is 62.1 Å². The van der Waals surface area contributed by atoms with E-state index in [1.54, 1.807) is 0 Å². The first-order valence-corrected chi connectivity index (χ1v) is 1.22. The van der Waals surface area contributed by atoms with Crippen LogP contribution in [0.25, 0.3) is 0 Å². The Balaban J connectivity index is -0.00000000321. The number of hydrogen-bond acceptors (Lipinski definition) is 0. The maximum atomic E-state index is 7.50. The molecule has 0 bridgehead atoms. The fourth-order valence-corrected chi connectivity index (χ4v) is 0. The molecule has 0 aromatic heterocycles. The van der Waals surface area contributed by atoms with Crippen molar-refractivity contribution in [3.8, 4) is 0 Å². The van der Waals surface area contributed by atoms with Gasteiger partial charge < -0.3 is 0 Å². The van der Waals surface area contributed by atoms with Crippen LogP contribution in [0.3, 0.4) is 0 Å². The van der Waals surface area contributed by atoms with Crippen LogP contribution >= 0.6 is 0 Å². The molecule has 0 fully saturated rings. The monoisotopic (exact) mass is 440 g/mol. The molecule has 0 aliphatic carbocycles. The summed E-state index contributed by atoms with van der Waals surface area (Å²) in [6.45, 7) is 27.0. The van der Waals surface area contributed by atoms with Crippen molar-refractivity contribution in [2.24, 2.45) is 0 Å². The molecular weight excluding hydrogens is 438 g/mol. The van der Waals surface area contributed by atoms with Gasteiger partial charge in [0.05, 0.1) is 0 Å². The molecule has 0 heterocycles. The minimum absolute atomic E-state index is 0. The molecule has 0 aromatic rings. The average molecular weight is 438 g/mol. The van der Waals surface area contributed by atoms with Gasteiger partial charge in [-0.05, 0) is 0 Å². The molecular formula is C6Fe2O6Se2. The second-order valence-electron chi connectivity index (χ2n) is 0. The summed E-state index contributed by atoms with van der Waals surface area (Å²) >= 11 is 0. The largest absolute Gasteiger partial charge is 0 e. The van der Waals surface area contributed by atoms with E-state index in [9.17, 15) is 0 Å². The summed E-state index contributed by atoms with van der Waals surface area (Å²) < 4.78 is 45.0. The van der Waals surface area contributed by atoms with Crippen molar-refractivity contribution in [2.45, 2.75) is 0 Å². The van der Waals surface area contributed by atoms with Crippen LogP contribution in [-0.4, -0.2) is 34.1 Å². The molecule has 0 aliphatic rings. The Morgan fingerprint density at radius 2 is 0.312 bits per heavy atom. The van der Waals surface area contributed by atoms with E-state index in [1.165, 1.54) is 0 Å². The second kappa shape index (κ2) is 12200. The van der Waals surface area contributed by atoms with E-state index >= 15 is 0 Å². The fourth-order valence-electron chi connectivity index (χ4n) is 0. The van der Waals surface area contributed by atoms with Crippen molar-refractivity contribution >= 4 is 34.1 Å². The van der Waals surface area contributed by atoms with Crippen molar-refractivity contribution < 1.29 is 62.1 Å². The molecule has 0 aromatic carbocycles. The quantitative estimate of drug-likeness (QED) is 0.263. The van der Waals surface area contributed by atoms with E-state index in [4.69, 9.17) is 27.9 Å². The zero-order chi connectivity index (χ0) is 12.0. The molecule has 0 aliphatic heterocycles. The maximum absolute atomic E-state index is 7.50. The summed E-state index contributed by atoms with van der Waals surface area (Å²) in [5.41, 5.74) is 0. The van der Waals surface area contributed by atoms with Gasteiger partial charge in [0.1, 0.15) is 0 Å². The van der Waals surface area contributed by atoms with Crippen LogP contribution in [0.1, 0.15) is 0 Å². The summed E-state index contributed by atoms with van der Waals surface area (Å²) in [5, 5.41) is 0. The zero-order valence-electron chi connectivity index (χ0n) is 6.97. The van der Waals surface area contributed by atoms with Gasteiger partial charge in [-0.15, -0.1) is 0 Å². The maximum Gasteiger partial charge on any atom is 0 e. The molecule has 0 spiro atoms. The summed E-state index contributed by atoms with van der Waals surface area (Å²) in [4.78, 5) is 0. The minimum atomic E-state index is 0. The van der Waals surface area contributed by atoms with E-state index < -0.39 is 0 Å². The molecule has 16 heavy (non-hydrogen) atoms. The first-order valence-electron chi connectivity index (χ1n) is 1.22. The van der Waals surface area contributed by atoms with Gasteiger partial charge >= 0.3 is 67.8 Å². The van der Waals surface area contributed by atoms with Crippen LogP contribution in [0.5, 0.6) is 0 Å². The summed E-state index contributed by atoms with van der Waals surface area (Å²) in [6.07, 6.45) is 0. The van der Waals surface area contributed by atoms with Crippen molar-refractivity contribution in [3.05, 3.63) is 39.9 Å². The first kappa shape index (κ1) is 93.6. The van der Waals surface area contributed by atoms with E-state index in [0.717, 1.165) is 0 Å². The van der Waals surface area contributed by atoms with Crippen LogP contribution in [0.4, 0.5) is 0 Å². The summed E-state index contributed by atoms with van der Waals surface area (Å²) in [6, 6.07) is 0. The van der Waals surface area contributed by atoms with Gasteiger partial charge in [0, 0.05) is 68.3 Å². The van der Waals surface area contributed by atoms with Gasteiger partial charge in [0.15, 0.2) is 0 Å².